The molecule has 0 unspecified atom stereocenters. The van der Waals surface area contributed by atoms with Gasteiger partial charge in [0.2, 0.25) is 11.8 Å². The molecular formula is C13H13F2N3O. The van der Waals surface area contributed by atoms with E-state index < -0.39 is 5.82 Å². The number of hydrogen-bond acceptors (Lipinski definition) is 4. The first kappa shape index (κ1) is 13.2. The van der Waals surface area contributed by atoms with Crippen molar-refractivity contribution in [2.45, 2.75) is 13.8 Å². The first-order chi connectivity index (χ1) is 9.10. The maximum absolute atomic E-state index is 13.6. The Morgan fingerprint density at radius 3 is 2.79 bits per heavy atom. The van der Waals surface area contributed by atoms with Crippen LogP contribution in [0.5, 0.6) is 11.6 Å². The van der Waals surface area contributed by atoms with Crippen LogP contribution in [0.4, 0.5) is 14.7 Å². The highest BCUT2D eigenvalue weighted by molar-refractivity contribution is 5.37. The molecule has 100 valence electrons. The maximum Gasteiger partial charge on any atom is 0.260 e. The highest BCUT2D eigenvalue weighted by Crippen LogP contribution is 2.26. The smallest absolute Gasteiger partial charge is 0.260 e. The Morgan fingerprint density at radius 2 is 2.11 bits per heavy atom. The molecule has 0 amide bonds. The van der Waals surface area contributed by atoms with E-state index in [9.17, 15) is 8.78 Å². The highest BCUT2D eigenvalue weighted by Gasteiger charge is 2.11. The summed E-state index contributed by atoms with van der Waals surface area (Å²) in [5.74, 6) is -0.618. The average molecular weight is 265 g/mol. The second-order valence-electron chi connectivity index (χ2n) is 3.89. The van der Waals surface area contributed by atoms with Gasteiger partial charge in [-0.05, 0) is 37.6 Å². The van der Waals surface area contributed by atoms with Crippen LogP contribution in [0.2, 0.25) is 0 Å². The lowest BCUT2D eigenvalue weighted by Crippen LogP contribution is -2.04. The minimum atomic E-state index is -0.676. The van der Waals surface area contributed by atoms with Crippen LogP contribution >= 0.6 is 0 Å². The summed E-state index contributed by atoms with van der Waals surface area (Å²) in [4.78, 5) is 7.68. The fraction of sp³-hybridized carbons (Fsp3) is 0.231. The van der Waals surface area contributed by atoms with E-state index in [4.69, 9.17) is 4.74 Å². The number of aromatic nitrogens is 2. The van der Waals surface area contributed by atoms with Gasteiger partial charge in [-0.15, -0.1) is 0 Å². The van der Waals surface area contributed by atoms with Crippen LogP contribution in [-0.4, -0.2) is 16.5 Å². The number of rotatable bonds is 4. The molecule has 0 spiro atoms. The molecule has 1 heterocycles. The Bertz CT molecular complexity index is 590. The lowest BCUT2D eigenvalue weighted by molar-refractivity contribution is 0.417. The molecule has 0 bridgehead atoms. The fourth-order valence-corrected chi connectivity index (χ4v) is 1.50. The number of ether oxygens (including phenoxy) is 1. The van der Waals surface area contributed by atoms with Crippen molar-refractivity contribution in [3.05, 3.63) is 41.6 Å². The summed E-state index contributed by atoms with van der Waals surface area (Å²) >= 11 is 0. The molecule has 0 aliphatic heterocycles. The van der Waals surface area contributed by atoms with E-state index in [2.05, 4.69) is 15.3 Å². The van der Waals surface area contributed by atoms with Crippen molar-refractivity contribution < 1.29 is 13.5 Å². The van der Waals surface area contributed by atoms with Gasteiger partial charge in [0.15, 0.2) is 0 Å². The Hall–Kier alpha value is -2.24. The Balaban J connectivity index is 2.29. The van der Waals surface area contributed by atoms with Gasteiger partial charge < -0.3 is 10.1 Å². The van der Waals surface area contributed by atoms with Gasteiger partial charge in [0.1, 0.15) is 11.6 Å². The largest absolute Gasteiger partial charge is 0.436 e. The summed E-state index contributed by atoms with van der Waals surface area (Å²) in [6.07, 6.45) is 1.03. The minimum Gasteiger partial charge on any atom is -0.436 e. The van der Waals surface area contributed by atoms with Crippen molar-refractivity contribution in [2.75, 3.05) is 11.9 Å². The van der Waals surface area contributed by atoms with Crippen molar-refractivity contribution in [1.29, 1.82) is 0 Å². The minimum absolute atomic E-state index is 0.194. The van der Waals surface area contributed by atoms with E-state index in [1.54, 1.807) is 6.92 Å². The van der Waals surface area contributed by atoms with Gasteiger partial charge >= 0.3 is 0 Å². The first-order valence-corrected chi connectivity index (χ1v) is 5.80. The van der Waals surface area contributed by atoms with Gasteiger partial charge in [-0.2, -0.15) is 9.37 Å². The van der Waals surface area contributed by atoms with Crippen LogP contribution in [0.1, 0.15) is 12.5 Å². The summed E-state index contributed by atoms with van der Waals surface area (Å²) in [6.45, 7) is 4.15. The number of aryl methyl sites for hydroxylation is 1. The molecule has 2 rings (SSSR count). The van der Waals surface area contributed by atoms with Gasteiger partial charge in [-0.1, -0.05) is 0 Å². The molecule has 0 atom stereocenters. The predicted molar refractivity (Wildman–Crippen MR) is 67.4 cm³/mol. The number of benzene rings is 1. The third kappa shape index (κ3) is 3.15. The van der Waals surface area contributed by atoms with Crippen molar-refractivity contribution in [3.8, 4) is 11.6 Å². The molecule has 4 nitrogen and oxygen atoms in total. The third-order valence-corrected chi connectivity index (χ3v) is 2.39. The fourth-order valence-electron chi connectivity index (χ4n) is 1.50. The third-order valence-electron chi connectivity index (χ3n) is 2.39. The zero-order chi connectivity index (χ0) is 13.8. The topological polar surface area (TPSA) is 47.0 Å². The molecule has 6 heteroatoms. The molecule has 0 radical (unpaired) electrons. The molecule has 0 aliphatic rings. The van der Waals surface area contributed by atoms with E-state index in [1.807, 2.05) is 6.92 Å². The summed E-state index contributed by atoms with van der Waals surface area (Å²) in [7, 11) is 0. The Morgan fingerprint density at radius 1 is 1.32 bits per heavy atom. The van der Waals surface area contributed by atoms with Crippen molar-refractivity contribution in [2.24, 2.45) is 0 Å². The van der Waals surface area contributed by atoms with E-state index in [0.29, 0.717) is 17.9 Å². The first-order valence-electron chi connectivity index (χ1n) is 5.80. The monoisotopic (exact) mass is 265 g/mol. The number of hydrogen-bond donors (Lipinski definition) is 1. The SMILES string of the molecule is CCNc1ncc(F)c(Oc2ccc(F)cc2C)n1. The highest BCUT2D eigenvalue weighted by atomic mass is 19.1. The van der Waals surface area contributed by atoms with Gasteiger partial charge in [-0.25, -0.2) is 9.37 Å². The van der Waals surface area contributed by atoms with Crippen molar-refractivity contribution in [1.82, 2.24) is 9.97 Å². The summed E-state index contributed by atoms with van der Waals surface area (Å²) < 4.78 is 31.9. The van der Waals surface area contributed by atoms with Crippen LogP contribution in [0.25, 0.3) is 0 Å². The average Bonchev–Trinajstić information content (AvgIpc) is 2.37. The van der Waals surface area contributed by atoms with Gasteiger partial charge in [-0.3, -0.25) is 0 Å². The second-order valence-corrected chi connectivity index (χ2v) is 3.89. The zero-order valence-corrected chi connectivity index (χ0v) is 10.6. The number of nitrogens with zero attached hydrogens (tertiary/aromatic N) is 2. The zero-order valence-electron chi connectivity index (χ0n) is 10.6. The van der Waals surface area contributed by atoms with E-state index in [1.165, 1.54) is 18.2 Å². The molecule has 1 aromatic carbocycles. The standard InChI is InChI=1S/C13H13F2N3O/c1-3-16-13-17-7-10(15)12(18-13)19-11-5-4-9(14)6-8(11)2/h4-7H,3H2,1-2H3,(H,16,17,18). The maximum atomic E-state index is 13.6. The molecule has 0 saturated carbocycles. The van der Waals surface area contributed by atoms with Crippen LogP contribution in [0, 0.1) is 18.6 Å². The van der Waals surface area contributed by atoms with Gasteiger partial charge in [0.25, 0.3) is 5.88 Å². The lowest BCUT2D eigenvalue weighted by Gasteiger charge is -2.09. The van der Waals surface area contributed by atoms with Gasteiger partial charge in [0, 0.05) is 6.54 Å². The molecule has 0 aliphatic carbocycles. The molecule has 0 saturated heterocycles. The van der Waals surface area contributed by atoms with E-state index >= 15 is 0 Å². The van der Waals surface area contributed by atoms with Crippen LogP contribution in [0.3, 0.4) is 0 Å². The molecule has 19 heavy (non-hydrogen) atoms. The number of halogens is 2. The molecule has 1 aromatic heterocycles. The quantitative estimate of drug-likeness (QED) is 0.921. The Labute approximate surface area is 109 Å². The normalized spacial score (nSPS) is 10.3. The summed E-state index contributed by atoms with van der Waals surface area (Å²) in [5.41, 5.74) is 0.558. The summed E-state index contributed by atoms with van der Waals surface area (Å²) in [5, 5.41) is 2.86. The Kier molecular flexibility index (Phi) is 3.89. The van der Waals surface area contributed by atoms with Crippen LogP contribution in [-0.2, 0) is 0 Å². The number of nitrogens with one attached hydrogen (secondary N) is 1. The summed E-state index contributed by atoms with van der Waals surface area (Å²) in [6, 6.07) is 3.98. The van der Waals surface area contributed by atoms with Crippen LogP contribution in [0.15, 0.2) is 24.4 Å². The van der Waals surface area contributed by atoms with Crippen LogP contribution < -0.4 is 10.1 Å². The molecule has 1 N–H and O–H groups in total. The molecular weight excluding hydrogens is 252 g/mol. The van der Waals surface area contributed by atoms with Gasteiger partial charge in [0.05, 0.1) is 6.20 Å². The van der Waals surface area contributed by atoms with Crippen molar-refractivity contribution >= 4 is 5.95 Å². The second kappa shape index (κ2) is 5.60. The number of anilines is 1. The molecule has 2 aromatic rings. The van der Waals surface area contributed by atoms with Crippen molar-refractivity contribution in [3.63, 3.8) is 0 Å². The predicted octanol–water partition coefficient (Wildman–Crippen LogP) is 3.29. The molecule has 0 fully saturated rings. The van der Waals surface area contributed by atoms with E-state index in [0.717, 1.165) is 6.20 Å². The lowest BCUT2D eigenvalue weighted by atomic mass is 10.2. The van der Waals surface area contributed by atoms with E-state index in [-0.39, 0.29) is 17.6 Å².